The van der Waals surface area contributed by atoms with Gasteiger partial charge in [-0.1, -0.05) is 76.3 Å². The molecule has 4 heterocycles. The quantitative estimate of drug-likeness (QED) is 0.0680. The van der Waals surface area contributed by atoms with E-state index >= 15 is 0 Å². The molecule has 4 aromatic carbocycles. The lowest BCUT2D eigenvalue weighted by Gasteiger charge is -2.26. The number of unbranched alkanes of at least 4 members (excludes halogenated alkanes) is 6. The molecule has 10 heteroatoms. The second kappa shape index (κ2) is 20.2. The van der Waals surface area contributed by atoms with Gasteiger partial charge in [0.2, 0.25) is 0 Å². The van der Waals surface area contributed by atoms with Gasteiger partial charge < -0.3 is 29.0 Å². The van der Waals surface area contributed by atoms with Crippen LogP contribution in [0.25, 0.3) is 29.6 Å². The van der Waals surface area contributed by atoms with E-state index in [0.717, 1.165) is 106 Å². The first-order valence-corrected chi connectivity index (χ1v) is 23.6. The number of thiophene rings is 3. The number of hydrogen-bond acceptors (Lipinski definition) is 9. The predicted octanol–water partition coefficient (Wildman–Crippen LogP) is 14.6. The summed E-state index contributed by atoms with van der Waals surface area (Å²) in [6.45, 7) is 6.90. The normalized spacial score (nSPS) is 11.9. The van der Waals surface area contributed by atoms with E-state index in [1.54, 1.807) is 58.3 Å². The van der Waals surface area contributed by atoms with E-state index in [4.69, 9.17) is 18.9 Å². The second-order valence-corrected chi connectivity index (χ2v) is 18.1. The number of carbonyl (C=O) groups is 1. The number of rotatable bonds is 18. The summed E-state index contributed by atoms with van der Waals surface area (Å²) in [4.78, 5) is 17.7. The summed E-state index contributed by atoms with van der Waals surface area (Å²) < 4.78 is 27.1. The lowest BCUT2D eigenvalue weighted by molar-refractivity contribution is 0.0697. The van der Waals surface area contributed by atoms with Crippen LogP contribution in [-0.4, -0.2) is 37.5 Å². The monoisotopic (exact) mass is 867 g/mol. The molecule has 0 saturated carbocycles. The molecule has 1 N–H and O–H groups in total. The maximum atomic E-state index is 11.2. The van der Waals surface area contributed by atoms with Gasteiger partial charge in [-0.2, -0.15) is 0 Å². The van der Waals surface area contributed by atoms with Crippen LogP contribution in [-0.2, 0) is 0 Å². The van der Waals surface area contributed by atoms with Crippen LogP contribution < -0.4 is 23.8 Å². The first kappa shape index (κ1) is 42.0. The van der Waals surface area contributed by atoms with Crippen molar-refractivity contribution in [2.75, 3.05) is 31.3 Å². The standard InChI is InChI=1S/C51H49NO6S3/c1-3-5-7-9-29-55-41-24-20-39(21-25-41)52(40-22-26-42(27-23-40)56-30-10-8-6-4-2)38-18-16-36(17-19-38)49-47-48(58-32-31-57-47)50(61-49)46-34-45-44(60-46)33-43(59-45)28-13-35-11-14-37(15-12-35)51(53)54/h11-12,14-27,33-34H,3-10,29-32H2,1-2H3,(H,53,54). The Morgan fingerprint density at radius 3 is 1.70 bits per heavy atom. The van der Waals surface area contributed by atoms with Gasteiger partial charge in [0, 0.05) is 32.0 Å². The number of anilines is 3. The number of nitrogens with zero attached hydrogens (tertiary/aromatic N) is 1. The van der Waals surface area contributed by atoms with Crippen molar-refractivity contribution >= 4 is 66.4 Å². The van der Waals surface area contributed by atoms with E-state index in [1.807, 2.05) is 0 Å². The molecule has 8 rings (SSSR count). The first-order chi connectivity index (χ1) is 30.0. The van der Waals surface area contributed by atoms with Gasteiger partial charge in [0.15, 0.2) is 11.5 Å². The van der Waals surface area contributed by atoms with E-state index in [-0.39, 0.29) is 5.56 Å². The largest absolute Gasteiger partial charge is 0.494 e. The SMILES string of the molecule is CCCCCCOc1ccc(N(c2ccc(OCCCCCC)cc2)c2ccc(-c3sc(-c4cc5sc(C#Cc6ccc(C(=O)O)cc6)cc5s4)c4c3OCCO4)cc2)cc1. The summed E-state index contributed by atoms with van der Waals surface area (Å²) in [6.07, 6.45) is 9.39. The predicted molar refractivity (Wildman–Crippen MR) is 253 cm³/mol. The summed E-state index contributed by atoms with van der Waals surface area (Å²) >= 11 is 5.08. The highest BCUT2D eigenvalue weighted by atomic mass is 32.1. The van der Waals surface area contributed by atoms with E-state index in [2.05, 4.69) is 116 Å². The Balaban J connectivity index is 1.04. The minimum Gasteiger partial charge on any atom is -0.494 e. The second-order valence-electron chi connectivity index (χ2n) is 14.9. The number of aromatic carboxylic acids is 1. The highest BCUT2D eigenvalue weighted by Crippen LogP contribution is 2.56. The van der Waals surface area contributed by atoms with Crippen LogP contribution >= 0.6 is 34.0 Å². The zero-order valence-electron chi connectivity index (χ0n) is 34.5. The molecule has 0 spiro atoms. The molecule has 3 aromatic heterocycles. The molecule has 0 unspecified atom stereocenters. The summed E-state index contributed by atoms with van der Waals surface area (Å²) in [5.41, 5.74) is 5.19. The Bertz CT molecular complexity index is 2510. The minimum atomic E-state index is -0.946. The summed E-state index contributed by atoms with van der Waals surface area (Å²) in [7, 11) is 0. The van der Waals surface area contributed by atoms with Crippen molar-refractivity contribution in [1.82, 2.24) is 0 Å². The highest BCUT2D eigenvalue weighted by Gasteiger charge is 2.28. The lowest BCUT2D eigenvalue weighted by atomic mass is 10.1. The van der Waals surface area contributed by atoms with Gasteiger partial charge in [0.1, 0.15) is 24.7 Å². The molecule has 0 amide bonds. The maximum absolute atomic E-state index is 11.2. The molecule has 1 aliphatic heterocycles. The molecule has 0 aliphatic carbocycles. The van der Waals surface area contributed by atoms with Gasteiger partial charge in [-0.25, -0.2) is 4.79 Å². The molecule has 7 nitrogen and oxygen atoms in total. The minimum absolute atomic E-state index is 0.249. The fourth-order valence-electron chi connectivity index (χ4n) is 7.17. The molecule has 7 aromatic rings. The molecule has 312 valence electrons. The van der Waals surface area contributed by atoms with Gasteiger partial charge in [0.25, 0.3) is 0 Å². The topological polar surface area (TPSA) is 77.5 Å². The average molecular weight is 868 g/mol. The number of carboxylic acid groups (broad SMARTS) is 1. The third-order valence-corrected chi connectivity index (χ3v) is 14.0. The number of benzene rings is 4. The van der Waals surface area contributed by atoms with Crippen LogP contribution in [0.3, 0.4) is 0 Å². The van der Waals surface area contributed by atoms with E-state index < -0.39 is 5.97 Å². The summed E-state index contributed by atoms with van der Waals surface area (Å²) in [6, 6.07) is 36.4. The first-order valence-electron chi connectivity index (χ1n) is 21.1. The van der Waals surface area contributed by atoms with E-state index in [0.29, 0.717) is 13.2 Å². The molecular formula is C51H49NO6S3. The number of ether oxygens (including phenoxy) is 4. The van der Waals surface area contributed by atoms with Crippen LogP contribution in [0.15, 0.2) is 109 Å². The molecule has 0 radical (unpaired) electrons. The lowest BCUT2D eigenvalue weighted by Crippen LogP contribution is -2.14. The fraction of sp³-hybridized carbons (Fsp3) is 0.275. The molecule has 0 bridgehead atoms. The van der Waals surface area contributed by atoms with E-state index in [1.165, 1.54) is 38.5 Å². The molecule has 1 aliphatic rings. The summed E-state index contributed by atoms with van der Waals surface area (Å²) in [5, 5.41) is 9.19. The fourth-order valence-corrected chi connectivity index (χ4v) is 10.7. The zero-order valence-corrected chi connectivity index (χ0v) is 37.0. The molecule has 0 fully saturated rings. The Morgan fingerprint density at radius 1 is 0.623 bits per heavy atom. The van der Waals surface area contributed by atoms with Crippen molar-refractivity contribution in [3.8, 4) is 55.0 Å². The zero-order chi connectivity index (χ0) is 42.0. The van der Waals surface area contributed by atoms with Crippen molar-refractivity contribution in [1.29, 1.82) is 0 Å². The highest BCUT2D eigenvalue weighted by molar-refractivity contribution is 7.31. The Kier molecular flexibility index (Phi) is 13.9. The van der Waals surface area contributed by atoms with Crippen LogP contribution in [0, 0.1) is 11.8 Å². The molecular weight excluding hydrogens is 819 g/mol. The van der Waals surface area contributed by atoms with Crippen LogP contribution in [0.2, 0.25) is 0 Å². The molecule has 0 saturated heterocycles. The van der Waals surface area contributed by atoms with Gasteiger partial charge in [0.05, 0.1) is 38.3 Å². The van der Waals surface area contributed by atoms with Gasteiger partial charge in [-0.05, 0) is 115 Å². The number of hydrogen-bond donors (Lipinski definition) is 1. The smallest absolute Gasteiger partial charge is 0.335 e. The molecule has 0 atom stereocenters. The van der Waals surface area contributed by atoms with Crippen LogP contribution in [0.1, 0.15) is 86.0 Å². The maximum Gasteiger partial charge on any atom is 0.335 e. The Morgan fingerprint density at radius 2 is 1.16 bits per heavy atom. The van der Waals surface area contributed by atoms with Crippen molar-refractivity contribution in [2.45, 2.75) is 65.2 Å². The Labute approximate surface area is 370 Å². The molecule has 61 heavy (non-hydrogen) atoms. The van der Waals surface area contributed by atoms with Crippen molar-refractivity contribution in [3.63, 3.8) is 0 Å². The van der Waals surface area contributed by atoms with Gasteiger partial charge >= 0.3 is 5.97 Å². The number of carboxylic acids is 1. The van der Waals surface area contributed by atoms with Gasteiger partial charge in [-0.15, -0.1) is 34.0 Å². The Hall–Kier alpha value is -5.73. The van der Waals surface area contributed by atoms with Gasteiger partial charge in [-0.3, -0.25) is 0 Å². The van der Waals surface area contributed by atoms with Crippen molar-refractivity contribution in [2.24, 2.45) is 0 Å². The van der Waals surface area contributed by atoms with Crippen LogP contribution in [0.5, 0.6) is 23.0 Å². The third-order valence-electron chi connectivity index (χ3n) is 10.4. The number of fused-ring (bicyclic) bond motifs is 2. The summed E-state index contributed by atoms with van der Waals surface area (Å²) in [5.74, 6) is 8.83. The van der Waals surface area contributed by atoms with Crippen molar-refractivity contribution < 1.29 is 28.8 Å². The van der Waals surface area contributed by atoms with Crippen molar-refractivity contribution in [3.05, 3.63) is 125 Å². The van der Waals surface area contributed by atoms with Crippen LogP contribution in [0.4, 0.5) is 17.1 Å². The van der Waals surface area contributed by atoms with E-state index in [9.17, 15) is 9.90 Å². The average Bonchev–Trinajstić information content (AvgIpc) is 3.99. The third kappa shape index (κ3) is 10.3.